The van der Waals surface area contributed by atoms with Gasteiger partial charge in [0.25, 0.3) is 0 Å². The first kappa shape index (κ1) is 17.5. The Hall–Kier alpha value is -2.36. The molecule has 25 heavy (non-hydrogen) atoms. The predicted octanol–water partition coefficient (Wildman–Crippen LogP) is 3.09. The molecule has 0 atom stereocenters. The van der Waals surface area contributed by atoms with Crippen LogP contribution in [0.5, 0.6) is 0 Å². The SMILES string of the molecule is COCc1cc(C)nc(SCC(=O)N2CCc3ccccc32)c1C#N. The second-order valence-corrected chi connectivity index (χ2v) is 6.82. The van der Waals surface area contributed by atoms with Crippen LogP contribution in [0.3, 0.4) is 0 Å². The van der Waals surface area contributed by atoms with Crippen LogP contribution in [0.4, 0.5) is 5.69 Å². The fraction of sp³-hybridized carbons (Fsp3) is 0.316. The van der Waals surface area contributed by atoms with Crippen molar-refractivity contribution in [2.45, 2.75) is 25.0 Å². The van der Waals surface area contributed by atoms with Crippen molar-refractivity contribution in [3.8, 4) is 6.07 Å². The minimum Gasteiger partial charge on any atom is -0.380 e. The van der Waals surface area contributed by atoms with Crippen LogP contribution in [0.25, 0.3) is 0 Å². The van der Waals surface area contributed by atoms with Gasteiger partial charge in [-0.1, -0.05) is 30.0 Å². The highest BCUT2D eigenvalue weighted by Crippen LogP contribution is 2.30. The van der Waals surface area contributed by atoms with Crippen molar-refractivity contribution in [2.75, 3.05) is 24.3 Å². The molecule has 0 saturated carbocycles. The van der Waals surface area contributed by atoms with E-state index in [4.69, 9.17) is 4.74 Å². The molecule has 0 saturated heterocycles. The molecule has 0 N–H and O–H groups in total. The summed E-state index contributed by atoms with van der Waals surface area (Å²) in [6.07, 6.45) is 0.886. The monoisotopic (exact) mass is 353 g/mol. The summed E-state index contributed by atoms with van der Waals surface area (Å²) < 4.78 is 5.16. The number of hydrogen-bond acceptors (Lipinski definition) is 5. The number of fused-ring (bicyclic) bond motifs is 1. The highest BCUT2D eigenvalue weighted by atomic mass is 32.2. The number of nitrogens with zero attached hydrogens (tertiary/aromatic N) is 3. The second-order valence-electron chi connectivity index (χ2n) is 5.86. The van der Waals surface area contributed by atoms with Crippen LogP contribution in [0.2, 0.25) is 0 Å². The van der Waals surface area contributed by atoms with Crippen molar-refractivity contribution < 1.29 is 9.53 Å². The van der Waals surface area contributed by atoms with E-state index in [1.165, 1.54) is 17.3 Å². The molecule has 0 spiro atoms. The van der Waals surface area contributed by atoms with Gasteiger partial charge in [-0.15, -0.1) is 0 Å². The number of aromatic nitrogens is 1. The van der Waals surface area contributed by atoms with Crippen molar-refractivity contribution in [2.24, 2.45) is 0 Å². The van der Waals surface area contributed by atoms with Crippen molar-refractivity contribution in [1.82, 2.24) is 4.98 Å². The molecule has 3 rings (SSSR count). The lowest BCUT2D eigenvalue weighted by molar-refractivity contribution is -0.116. The number of methoxy groups -OCH3 is 1. The summed E-state index contributed by atoms with van der Waals surface area (Å²) in [7, 11) is 1.60. The number of ether oxygens (including phenoxy) is 1. The van der Waals surface area contributed by atoms with Crippen LogP contribution in [-0.4, -0.2) is 30.3 Å². The number of hydrogen-bond donors (Lipinski definition) is 0. The van der Waals surface area contributed by atoms with E-state index in [2.05, 4.69) is 17.1 Å². The first-order valence-electron chi connectivity index (χ1n) is 8.04. The smallest absolute Gasteiger partial charge is 0.237 e. The van der Waals surface area contributed by atoms with Crippen LogP contribution in [0.1, 0.15) is 22.4 Å². The first-order valence-corrected chi connectivity index (χ1v) is 9.03. The number of carbonyl (C=O) groups is 1. The van der Waals surface area contributed by atoms with E-state index in [0.29, 0.717) is 23.7 Å². The normalized spacial score (nSPS) is 12.8. The number of amides is 1. The van der Waals surface area contributed by atoms with Gasteiger partial charge in [0.15, 0.2) is 0 Å². The maximum Gasteiger partial charge on any atom is 0.237 e. The van der Waals surface area contributed by atoms with E-state index >= 15 is 0 Å². The Bertz CT molecular complexity index is 845. The summed E-state index contributed by atoms with van der Waals surface area (Å²) in [5.41, 5.74) is 4.30. The minimum absolute atomic E-state index is 0.0374. The average Bonchev–Trinajstić information content (AvgIpc) is 3.04. The van der Waals surface area contributed by atoms with Crippen molar-refractivity contribution >= 4 is 23.4 Å². The molecular weight excluding hydrogens is 334 g/mol. The van der Waals surface area contributed by atoms with Gasteiger partial charge in [0.2, 0.25) is 5.91 Å². The molecule has 0 unspecified atom stereocenters. The van der Waals surface area contributed by atoms with Crippen molar-refractivity contribution in [3.05, 3.63) is 52.7 Å². The highest BCUT2D eigenvalue weighted by molar-refractivity contribution is 8.00. The molecule has 6 heteroatoms. The molecular formula is C19H19N3O2S. The number of rotatable bonds is 5. The minimum atomic E-state index is 0.0374. The highest BCUT2D eigenvalue weighted by Gasteiger charge is 2.24. The summed E-state index contributed by atoms with van der Waals surface area (Å²) >= 11 is 1.32. The summed E-state index contributed by atoms with van der Waals surface area (Å²) in [4.78, 5) is 18.9. The average molecular weight is 353 g/mol. The third-order valence-corrected chi connectivity index (χ3v) is 5.09. The molecule has 2 heterocycles. The number of carbonyl (C=O) groups excluding carboxylic acids is 1. The van der Waals surface area contributed by atoms with Crippen LogP contribution in [0, 0.1) is 18.3 Å². The lowest BCUT2D eigenvalue weighted by Gasteiger charge is -2.17. The van der Waals surface area contributed by atoms with Crippen LogP contribution >= 0.6 is 11.8 Å². The largest absolute Gasteiger partial charge is 0.380 e. The van der Waals surface area contributed by atoms with Gasteiger partial charge in [-0.2, -0.15) is 5.26 Å². The Morgan fingerprint density at radius 1 is 1.44 bits per heavy atom. The second kappa shape index (κ2) is 7.68. The molecule has 1 aliphatic rings. The fourth-order valence-electron chi connectivity index (χ4n) is 3.01. The molecule has 1 amide bonds. The molecule has 0 aliphatic carbocycles. The van der Waals surface area contributed by atoms with Gasteiger partial charge < -0.3 is 9.64 Å². The number of benzene rings is 1. The Morgan fingerprint density at radius 3 is 3.00 bits per heavy atom. The number of aryl methyl sites for hydroxylation is 1. The van der Waals surface area contributed by atoms with Gasteiger partial charge in [-0.05, 0) is 36.6 Å². The summed E-state index contributed by atoms with van der Waals surface area (Å²) in [6.45, 7) is 2.94. The Labute approximate surface area is 151 Å². The van der Waals surface area contributed by atoms with Gasteiger partial charge in [0.1, 0.15) is 11.1 Å². The van der Waals surface area contributed by atoms with Gasteiger partial charge >= 0.3 is 0 Å². The predicted molar refractivity (Wildman–Crippen MR) is 97.6 cm³/mol. The Morgan fingerprint density at radius 2 is 2.24 bits per heavy atom. The zero-order chi connectivity index (χ0) is 17.8. The quantitative estimate of drug-likeness (QED) is 0.773. The van der Waals surface area contributed by atoms with Crippen molar-refractivity contribution in [3.63, 3.8) is 0 Å². The maximum atomic E-state index is 12.6. The van der Waals surface area contributed by atoms with Crippen LogP contribution in [0.15, 0.2) is 35.4 Å². The van der Waals surface area contributed by atoms with Crippen LogP contribution < -0.4 is 4.90 Å². The van der Waals surface area contributed by atoms with E-state index in [1.807, 2.05) is 36.1 Å². The lowest BCUT2D eigenvalue weighted by Crippen LogP contribution is -2.30. The Balaban J connectivity index is 1.76. The molecule has 1 aromatic carbocycles. The lowest BCUT2D eigenvalue weighted by atomic mass is 10.1. The number of pyridine rings is 1. The molecule has 1 aromatic heterocycles. The van der Waals surface area contributed by atoms with Gasteiger partial charge in [0.05, 0.1) is 17.9 Å². The number of para-hydroxylation sites is 1. The number of anilines is 1. The molecule has 128 valence electrons. The van der Waals surface area contributed by atoms with Gasteiger partial charge in [-0.3, -0.25) is 4.79 Å². The summed E-state index contributed by atoms with van der Waals surface area (Å²) in [5.74, 6) is 0.293. The third kappa shape index (κ3) is 3.68. The third-order valence-electron chi connectivity index (χ3n) is 4.13. The topological polar surface area (TPSA) is 66.2 Å². The fourth-order valence-corrected chi connectivity index (χ4v) is 3.95. The molecule has 0 bridgehead atoms. The molecule has 1 aliphatic heterocycles. The maximum absolute atomic E-state index is 12.6. The number of thioether (sulfide) groups is 1. The standard InChI is InChI=1S/C19H19N3O2S/c1-13-9-15(11-24-2)16(10-20)19(21-13)25-12-18(23)22-8-7-14-5-3-4-6-17(14)22/h3-6,9H,7-8,11-12H2,1-2H3. The Kier molecular flexibility index (Phi) is 5.37. The summed E-state index contributed by atoms with van der Waals surface area (Å²) in [6, 6.07) is 12.0. The first-order chi connectivity index (χ1) is 12.1. The number of nitriles is 1. The molecule has 5 nitrogen and oxygen atoms in total. The zero-order valence-electron chi connectivity index (χ0n) is 14.3. The van der Waals surface area contributed by atoms with E-state index in [1.54, 1.807) is 7.11 Å². The van der Waals surface area contributed by atoms with Crippen LogP contribution in [-0.2, 0) is 22.6 Å². The zero-order valence-corrected chi connectivity index (χ0v) is 15.1. The molecule has 0 radical (unpaired) electrons. The van der Waals surface area contributed by atoms with E-state index in [9.17, 15) is 10.1 Å². The summed E-state index contributed by atoms with van der Waals surface area (Å²) in [5, 5.41) is 10.1. The van der Waals surface area contributed by atoms with E-state index in [-0.39, 0.29) is 11.7 Å². The van der Waals surface area contributed by atoms with E-state index in [0.717, 1.165) is 23.4 Å². The van der Waals surface area contributed by atoms with Gasteiger partial charge in [-0.25, -0.2) is 4.98 Å². The molecule has 0 fully saturated rings. The van der Waals surface area contributed by atoms with E-state index < -0.39 is 0 Å². The van der Waals surface area contributed by atoms with Crippen molar-refractivity contribution in [1.29, 1.82) is 5.26 Å². The molecule has 2 aromatic rings. The van der Waals surface area contributed by atoms with Gasteiger partial charge in [0, 0.05) is 25.0 Å².